The number of likely N-dealkylation sites (N-methyl/N-ethyl adjacent to an activating group) is 2. The summed E-state index contributed by atoms with van der Waals surface area (Å²) in [6, 6.07) is 8.85. The van der Waals surface area contributed by atoms with Crippen LogP contribution in [0.3, 0.4) is 0 Å². The number of nitrogens with one attached hydrogen (secondary N) is 1. The number of ether oxygens (including phenoxy) is 1. The van der Waals surface area contributed by atoms with Crippen LogP contribution in [0.4, 0.5) is 5.69 Å². The Kier molecular flexibility index (Phi) is 5.82. The summed E-state index contributed by atoms with van der Waals surface area (Å²) in [4.78, 5) is 4.52. The molecule has 1 aliphatic heterocycles. The molecule has 2 aliphatic rings. The average Bonchev–Trinajstić information content (AvgIpc) is 2.61. The molecule has 1 saturated carbocycles. The average molecular weight is 348 g/mol. The predicted molar refractivity (Wildman–Crippen MR) is 104 cm³/mol. The molecule has 1 heterocycles. The Balaban J connectivity index is 1.56. The van der Waals surface area contributed by atoms with Gasteiger partial charge in [-0.05, 0) is 44.1 Å². The zero-order chi connectivity index (χ0) is 16.9. The maximum atomic E-state index is 6.20. The zero-order valence-corrected chi connectivity index (χ0v) is 15.6. The highest BCUT2D eigenvalue weighted by Crippen LogP contribution is 2.32. The molecule has 0 saturated heterocycles. The minimum absolute atomic E-state index is 0.135. The lowest BCUT2D eigenvalue weighted by Crippen LogP contribution is -2.50. The van der Waals surface area contributed by atoms with E-state index in [4.69, 9.17) is 17.0 Å². The molecule has 0 radical (unpaired) electrons. The molecular weight excluding hydrogens is 318 g/mol. The molecule has 5 heteroatoms. The first kappa shape index (κ1) is 17.3. The van der Waals surface area contributed by atoms with Crippen molar-refractivity contribution < 1.29 is 4.74 Å². The Morgan fingerprint density at radius 1 is 1.29 bits per heavy atom. The molecule has 0 unspecified atom stereocenters. The van der Waals surface area contributed by atoms with Crippen molar-refractivity contribution in [1.82, 2.24) is 10.2 Å². The van der Waals surface area contributed by atoms with Gasteiger partial charge in [0.25, 0.3) is 0 Å². The van der Waals surface area contributed by atoms with E-state index in [0.717, 1.165) is 30.5 Å². The van der Waals surface area contributed by atoms with Crippen molar-refractivity contribution in [3.05, 3.63) is 24.3 Å². The smallest absolute Gasteiger partial charge is 0.169 e. The van der Waals surface area contributed by atoms with E-state index in [9.17, 15) is 0 Å². The molecule has 1 fully saturated rings. The molecule has 24 heavy (non-hydrogen) atoms. The topological polar surface area (TPSA) is 27.7 Å². The van der Waals surface area contributed by atoms with Gasteiger partial charge in [0.2, 0.25) is 0 Å². The van der Waals surface area contributed by atoms with Gasteiger partial charge < -0.3 is 19.9 Å². The van der Waals surface area contributed by atoms with Gasteiger partial charge in [0.05, 0.1) is 18.8 Å². The van der Waals surface area contributed by atoms with Crippen LogP contribution in [-0.4, -0.2) is 48.8 Å². The number of para-hydroxylation sites is 2. The molecule has 1 N–H and O–H groups in total. The predicted octanol–water partition coefficient (Wildman–Crippen LogP) is 3.41. The maximum Gasteiger partial charge on any atom is 0.169 e. The summed E-state index contributed by atoms with van der Waals surface area (Å²) in [5, 5.41) is 4.39. The van der Waals surface area contributed by atoms with E-state index < -0.39 is 0 Å². The van der Waals surface area contributed by atoms with Gasteiger partial charge in [-0.15, -0.1) is 0 Å². The van der Waals surface area contributed by atoms with Crippen LogP contribution in [0.5, 0.6) is 5.75 Å². The number of anilines is 1. The SMILES string of the molecule is CCN1C[C@H](CN(C)C(=S)NC2CCCCC2)Oc2ccccc21. The molecule has 1 aromatic rings. The summed E-state index contributed by atoms with van der Waals surface area (Å²) >= 11 is 5.61. The lowest BCUT2D eigenvalue weighted by Gasteiger charge is -2.38. The quantitative estimate of drug-likeness (QED) is 0.843. The lowest BCUT2D eigenvalue weighted by atomic mass is 9.96. The Morgan fingerprint density at radius 2 is 2.04 bits per heavy atom. The van der Waals surface area contributed by atoms with E-state index in [2.05, 4.69) is 47.3 Å². The van der Waals surface area contributed by atoms with Gasteiger partial charge in [0.15, 0.2) is 5.11 Å². The number of nitrogens with zero attached hydrogens (tertiary/aromatic N) is 2. The maximum absolute atomic E-state index is 6.20. The number of rotatable bonds is 4. The van der Waals surface area contributed by atoms with Crippen molar-refractivity contribution in [3.8, 4) is 5.75 Å². The van der Waals surface area contributed by atoms with E-state index in [-0.39, 0.29) is 6.10 Å². The van der Waals surface area contributed by atoms with E-state index >= 15 is 0 Å². The van der Waals surface area contributed by atoms with Crippen LogP contribution in [0.1, 0.15) is 39.0 Å². The summed E-state index contributed by atoms with van der Waals surface area (Å²) in [5.41, 5.74) is 1.20. The van der Waals surface area contributed by atoms with Crippen LogP contribution >= 0.6 is 12.2 Å². The molecule has 0 amide bonds. The van der Waals surface area contributed by atoms with E-state index in [1.165, 1.54) is 37.8 Å². The summed E-state index contributed by atoms with van der Waals surface area (Å²) in [6.45, 7) is 4.90. The fraction of sp³-hybridized carbons (Fsp3) is 0.632. The largest absolute Gasteiger partial charge is 0.485 e. The number of hydrogen-bond donors (Lipinski definition) is 1. The van der Waals surface area contributed by atoms with Crippen LogP contribution in [0.25, 0.3) is 0 Å². The zero-order valence-electron chi connectivity index (χ0n) is 14.8. The van der Waals surface area contributed by atoms with Crippen molar-refractivity contribution in [2.75, 3.05) is 31.6 Å². The summed E-state index contributed by atoms with van der Waals surface area (Å²) in [7, 11) is 2.07. The normalized spacial score (nSPS) is 20.9. The van der Waals surface area contributed by atoms with Crippen molar-refractivity contribution in [2.24, 2.45) is 0 Å². The van der Waals surface area contributed by atoms with Crippen LogP contribution in [0.2, 0.25) is 0 Å². The Labute approximate surface area is 151 Å². The fourth-order valence-corrected chi connectivity index (χ4v) is 3.93. The van der Waals surface area contributed by atoms with Crippen molar-refractivity contribution in [2.45, 2.75) is 51.2 Å². The lowest BCUT2D eigenvalue weighted by molar-refractivity contribution is 0.167. The molecule has 1 atom stereocenters. The molecule has 0 spiro atoms. The van der Waals surface area contributed by atoms with Crippen molar-refractivity contribution in [3.63, 3.8) is 0 Å². The van der Waals surface area contributed by atoms with Gasteiger partial charge in [0.1, 0.15) is 11.9 Å². The highest BCUT2D eigenvalue weighted by atomic mass is 32.1. The number of thiocarbonyl (C=S) groups is 1. The third kappa shape index (κ3) is 4.12. The number of hydrogen-bond acceptors (Lipinski definition) is 3. The minimum Gasteiger partial charge on any atom is -0.485 e. The molecule has 0 bridgehead atoms. The molecule has 1 aliphatic carbocycles. The summed E-state index contributed by atoms with van der Waals surface area (Å²) < 4.78 is 6.20. The van der Waals surface area contributed by atoms with E-state index in [0.29, 0.717) is 6.04 Å². The minimum atomic E-state index is 0.135. The second-order valence-corrected chi connectivity index (χ2v) is 7.30. The molecule has 3 rings (SSSR count). The highest BCUT2D eigenvalue weighted by molar-refractivity contribution is 7.80. The number of benzene rings is 1. The molecule has 4 nitrogen and oxygen atoms in total. The van der Waals surface area contributed by atoms with Gasteiger partial charge in [-0.3, -0.25) is 0 Å². The summed E-state index contributed by atoms with van der Waals surface area (Å²) in [5.74, 6) is 0.982. The monoisotopic (exact) mass is 347 g/mol. The van der Waals surface area contributed by atoms with Crippen LogP contribution in [0, 0.1) is 0 Å². The van der Waals surface area contributed by atoms with Crippen molar-refractivity contribution >= 4 is 23.0 Å². The third-order valence-corrected chi connectivity index (χ3v) is 5.49. The van der Waals surface area contributed by atoms with Gasteiger partial charge in [-0.25, -0.2) is 0 Å². The highest BCUT2D eigenvalue weighted by Gasteiger charge is 2.26. The standard InChI is InChI=1S/C19H29N3OS/c1-3-22-14-16(23-18-12-8-7-11-17(18)22)13-21(2)19(24)20-15-9-5-4-6-10-15/h7-8,11-12,15-16H,3-6,9-10,13-14H2,1-2H3,(H,20,24)/t16-/m0/s1. The van der Waals surface area contributed by atoms with Crippen LogP contribution in [0.15, 0.2) is 24.3 Å². The van der Waals surface area contributed by atoms with Gasteiger partial charge in [0, 0.05) is 19.6 Å². The second kappa shape index (κ2) is 8.06. The van der Waals surface area contributed by atoms with Crippen molar-refractivity contribution in [1.29, 1.82) is 0 Å². The van der Waals surface area contributed by atoms with E-state index in [1.807, 2.05) is 6.07 Å². The van der Waals surface area contributed by atoms with Gasteiger partial charge in [-0.1, -0.05) is 31.4 Å². The van der Waals surface area contributed by atoms with Gasteiger partial charge >= 0.3 is 0 Å². The molecule has 132 valence electrons. The first-order chi connectivity index (χ1) is 11.7. The first-order valence-electron chi connectivity index (χ1n) is 9.19. The van der Waals surface area contributed by atoms with Crippen LogP contribution in [-0.2, 0) is 0 Å². The number of fused-ring (bicyclic) bond motifs is 1. The van der Waals surface area contributed by atoms with E-state index in [1.54, 1.807) is 0 Å². The first-order valence-corrected chi connectivity index (χ1v) is 9.60. The Morgan fingerprint density at radius 3 is 2.79 bits per heavy atom. The Bertz CT molecular complexity index is 559. The second-order valence-electron chi connectivity index (χ2n) is 6.91. The summed E-state index contributed by atoms with van der Waals surface area (Å²) in [6.07, 6.45) is 6.62. The fourth-order valence-electron chi connectivity index (χ4n) is 3.69. The third-order valence-electron chi connectivity index (χ3n) is 5.06. The molecular formula is C19H29N3OS. The van der Waals surface area contributed by atoms with Crippen LogP contribution < -0.4 is 15.0 Å². The van der Waals surface area contributed by atoms with Gasteiger partial charge in [-0.2, -0.15) is 0 Å². The molecule has 1 aromatic carbocycles. The molecule has 0 aromatic heterocycles. The Hall–Kier alpha value is -1.49.